The molecule has 0 radical (unpaired) electrons. The molecule has 0 bridgehead atoms. The van der Waals surface area contributed by atoms with E-state index in [9.17, 15) is 4.79 Å². The van der Waals surface area contributed by atoms with E-state index in [1.165, 1.54) is 0 Å². The summed E-state index contributed by atoms with van der Waals surface area (Å²) in [4.78, 5) is 12.9. The quantitative estimate of drug-likeness (QED) is 0.846. The highest BCUT2D eigenvalue weighted by Crippen LogP contribution is 2.51. The molecule has 2 unspecified atom stereocenters. The van der Waals surface area contributed by atoms with Crippen LogP contribution in [-0.4, -0.2) is 25.7 Å². The van der Waals surface area contributed by atoms with Crippen molar-refractivity contribution >= 4 is 11.6 Å². The van der Waals surface area contributed by atoms with Crippen molar-refractivity contribution in [3.63, 3.8) is 0 Å². The second kappa shape index (κ2) is 4.98. The largest absolute Gasteiger partial charge is 0.486 e. The zero-order valence-corrected chi connectivity index (χ0v) is 13.2. The first kappa shape index (κ1) is 13.9. The summed E-state index contributed by atoms with van der Waals surface area (Å²) in [5, 5.41) is 6.58. The number of para-hydroxylation sites is 1. The predicted molar refractivity (Wildman–Crippen MR) is 89.5 cm³/mol. The Morgan fingerprint density at radius 1 is 1.04 bits per heavy atom. The number of fused-ring (bicyclic) bond motifs is 3. The van der Waals surface area contributed by atoms with E-state index in [2.05, 4.69) is 16.7 Å². The number of hydrogen-bond donors (Lipinski definition) is 2. The summed E-state index contributed by atoms with van der Waals surface area (Å²) < 4.78 is 11.3. The number of amides is 1. The monoisotopic (exact) mass is 322 g/mol. The van der Waals surface area contributed by atoms with Crippen LogP contribution in [0.5, 0.6) is 11.5 Å². The van der Waals surface area contributed by atoms with Crippen molar-refractivity contribution in [3.05, 3.63) is 53.6 Å². The molecule has 5 rings (SSSR count). The first-order valence-corrected chi connectivity index (χ1v) is 8.33. The molecule has 2 atom stereocenters. The summed E-state index contributed by atoms with van der Waals surface area (Å²) in [5.74, 6) is 1.61. The molecule has 1 fully saturated rings. The smallest absolute Gasteiger partial charge is 0.237 e. The number of anilines is 1. The zero-order valence-electron chi connectivity index (χ0n) is 13.2. The second-order valence-corrected chi connectivity index (χ2v) is 6.51. The van der Waals surface area contributed by atoms with Gasteiger partial charge in [0.1, 0.15) is 13.2 Å². The van der Waals surface area contributed by atoms with Gasteiger partial charge >= 0.3 is 0 Å². The third-order valence-electron chi connectivity index (χ3n) is 5.32. The van der Waals surface area contributed by atoms with Crippen LogP contribution < -0.4 is 20.1 Å². The van der Waals surface area contributed by atoms with Gasteiger partial charge in [0.05, 0.1) is 11.5 Å². The Hall–Kier alpha value is -2.53. The van der Waals surface area contributed by atoms with Crippen LogP contribution in [-0.2, 0) is 10.2 Å². The molecule has 1 saturated heterocycles. The molecule has 1 spiro atoms. The van der Waals surface area contributed by atoms with E-state index in [0.29, 0.717) is 13.2 Å². The molecular weight excluding hydrogens is 304 g/mol. The van der Waals surface area contributed by atoms with Crippen LogP contribution >= 0.6 is 0 Å². The number of carbonyl (C=O) groups excluding carboxylic acids is 1. The van der Waals surface area contributed by atoms with Gasteiger partial charge in [-0.15, -0.1) is 0 Å². The Morgan fingerprint density at radius 2 is 1.88 bits per heavy atom. The fourth-order valence-corrected chi connectivity index (χ4v) is 4.25. The molecular formula is C19H18N2O3. The van der Waals surface area contributed by atoms with Gasteiger partial charge in [-0.2, -0.15) is 0 Å². The van der Waals surface area contributed by atoms with Gasteiger partial charge in [0.15, 0.2) is 11.5 Å². The number of carbonyl (C=O) groups is 1. The van der Waals surface area contributed by atoms with Crippen molar-refractivity contribution < 1.29 is 14.3 Å². The van der Waals surface area contributed by atoms with Gasteiger partial charge in [0, 0.05) is 5.69 Å². The average Bonchev–Trinajstić information content (AvgIpc) is 3.18. The lowest BCUT2D eigenvalue weighted by Gasteiger charge is -2.30. The number of rotatable bonds is 1. The van der Waals surface area contributed by atoms with Gasteiger partial charge < -0.3 is 20.1 Å². The van der Waals surface area contributed by atoms with Crippen molar-refractivity contribution in [2.24, 2.45) is 0 Å². The van der Waals surface area contributed by atoms with Gasteiger partial charge in [-0.05, 0) is 42.3 Å². The van der Waals surface area contributed by atoms with E-state index in [1.54, 1.807) is 0 Å². The third kappa shape index (κ3) is 1.76. The molecule has 5 nitrogen and oxygen atoms in total. The highest BCUT2D eigenvalue weighted by Gasteiger charge is 2.55. The topological polar surface area (TPSA) is 59.6 Å². The Labute approximate surface area is 140 Å². The Balaban J connectivity index is 1.63. The number of nitrogens with one attached hydrogen (secondary N) is 2. The van der Waals surface area contributed by atoms with Crippen LogP contribution in [0.1, 0.15) is 23.6 Å². The highest BCUT2D eigenvalue weighted by atomic mass is 16.6. The van der Waals surface area contributed by atoms with Gasteiger partial charge in [0.2, 0.25) is 5.91 Å². The predicted octanol–water partition coefficient (Wildman–Crippen LogP) is 2.38. The maximum Gasteiger partial charge on any atom is 0.237 e. The normalized spacial score (nSPS) is 27.2. The van der Waals surface area contributed by atoms with Crippen LogP contribution in [0, 0.1) is 0 Å². The maximum absolute atomic E-state index is 12.9. The van der Waals surface area contributed by atoms with E-state index in [0.717, 1.165) is 41.3 Å². The van der Waals surface area contributed by atoms with E-state index in [1.807, 2.05) is 36.4 Å². The minimum atomic E-state index is -0.555. The first-order valence-electron chi connectivity index (χ1n) is 8.33. The van der Waals surface area contributed by atoms with Gasteiger partial charge in [-0.1, -0.05) is 24.3 Å². The summed E-state index contributed by atoms with van der Waals surface area (Å²) in [6, 6.07) is 13.9. The molecule has 5 heteroatoms. The van der Waals surface area contributed by atoms with Crippen molar-refractivity contribution in [3.8, 4) is 11.5 Å². The van der Waals surface area contributed by atoms with Gasteiger partial charge in [-0.25, -0.2) is 0 Å². The minimum absolute atomic E-state index is 0.0722. The molecule has 0 saturated carbocycles. The standard InChI is InChI=1S/C19H18N2O3/c22-18-19(13-3-1-2-4-14(13)21-18)7-8-20-17(19)12-5-6-15-16(11-12)24-10-9-23-15/h1-6,11,17,20H,7-10H2,(H,21,22). The Kier molecular flexibility index (Phi) is 2.88. The Bertz CT molecular complexity index is 835. The summed E-state index contributed by atoms with van der Waals surface area (Å²) in [6.45, 7) is 1.94. The van der Waals surface area contributed by atoms with Crippen LogP contribution in [0.4, 0.5) is 5.69 Å². The molecule has 2 N–H and O–H groups in total. The van der Waals surface area contributed by atoms with Crippen molar-refractivity contribution in [2.45, 2.75) is 17.9 Å². The molecule has 3 aliphatic rings. The summed E-state index contributed by atoms with van der Waals surface area (Å²) >= 11 is 0. The second-order valence-electron chi connectivity index (χ2n) is 6.51. The summed E-state index contributed by atoms with van der Waals surface area (Å²) in [6.07, 6.45) is 0.787. The van der Waals surface area contributed by atoms with Crippen molar-refractivity contribution in [2.75, 3.05) is 25.1 Å². The SMILES string of the molecule is O=C1Nc2ccccc2C12CCNC2c1ccc2c(c1)OCCO2. The van der Waals surface area contributed by atoms with E-state index in [4.69, 9.17) is 9.47 Å². The molecule has 24 heavy (non-hydrogen) atoms. The van der Waals surface area contributed by atoms with E-state index >= 15 is 0 Å². The highest BCUT2D eigenvalue weighted by molar-refractivity contribution is 6.07. The molecule has 2 aromatic carbocycles. The lowest BCUT2D eigenvalue weighted by Crippen LogP contribution is -2.39. The molecule has 0 aromatic heterocycles. The number of ether oxygens (including phenoxy) is 2. The molecule has 0 aliphatic carbocycles. The fourth-order valence-electron chi connectivity index (χ4n) is 4.25. The minimum Gasteiger partial charge on any atom is -0.486 e. The molecule has 3 aliphatic heterocycles. The number of benzene rings is 2. The van der Waals surface area contributed by atoms with Crippen LogP contribution in [0.15, 0.2) is 42.5 Å². The van der Waals surface area contributed by atoms with E-state index < -0.39 is 5.41 Å². The molecule has 3 heterocycles. The molecule has 1 amide bonds. The van der Waals surface area contributed by atoms with Crippen LogP contribution in [0.2, 0.25) is 0 Å². The maximum atomic E-state index is 12.9. The average molecular weight is 322 g/mol. The summed E-state index contributed by atoms with van der Waals surface area (Å²) in [5.41, 5.74) is 2.51. The van der Waals surface area contributed by atoms with Gasteiger partial charge in [0.25, 0.3) is 0 Å². The van der Waals surface area contributed by atoms with Crippen molar-refractivity contribution in [1.29, 1.82) is 0 Å². The Morgan fingerprint density at radius 3 is 2.79 bits per heavy atom. The molecule has 122 valence electrons. The first-order chi connectivity index (χ1) is 11.8. The van der Waals surface area contributed by atoms with Gasteiger partial charge in [-0.3, -0.25) is 4.79 Å². The van der Waals surface area contributed by atoms with E-state index in [-0.39, 0.29) is 11.9 Å². The number of hydrogen-bond acceptors (Lipinski definition) is 4. The zero-order chi connectivity index (χ0) is 16.1. The van der Waals surface area contributed by atoms with Crippen LogP contribution in [0.3, 0.4) is 0 Å². The van der Waals surface area contributed by atoms with Crippen molar-refractivity contribution in [1.82, 2.24) is 5.32 Å². The lowest BCUT2D eigenvalue weighted by molar-refractivity contribution is -0.121. The third-order valence-corrected chi connectivity index (χ3v) is 5.32. The molecule has 2 aromatic rings. The summed E-state index contributed by atoms with van der Waals surface area (Å²) in [7, 11) is 0. The van der Waals surface area contributed by atoms with Crippen LogP contribution in [0.25, 0.3) is 0 Å². The lowest BCUT2D eigenvalue weighted by atomic mass is 9.73. The fraction of sp³-hybridized carbons (Fsp3) is 0.316.